The number of hydrogen-bond acceptors (Lipinski definition) is 3. The van der Waals surface area contributed by atoms with E-state index in [1.165, 1.54) is 14.0 Å². The van der Waals surface area contributed by atoms with Crippen LogP contribution in [0.3, 0.4) is 0 Å². The van der Waals surface area contributed by atoms with Crippen LogP contribution in [0.15, 0.2) is 11.3 Å². The highest BCUT2D eigenvalue weighted by atomic mass is 16.5. The average molecular weight is 144 g/mol. The summed E-state index contributed by atoms with van der Waals surface area (Å²) in [6.07, 6.45) is 0.459. The van der Waals surface area contributed by atoms with Crippen LogP contribution in [-0.4, -0.2) is 18.2 Å². The molecule has 0 bridgehead atoms. The third kappa shape index (κ3) is 2.09. The molecule has 0 spiro atoms. The van der Waals surface area contributed by atoms with Gasteiger partial charge in [0.05, 0.1) is 12.7 Å². The fraction of sp³-hybridized carbons (Fsp3) is 0.571. The van der Waals surface area contributed by atoms with Crippen molar-refractivity contribution in [3.8, 4) is 0 Å². The van der Waals surface area contributed by atoms with E-state index < -0.39 is 5.97 Å². The number of aliphatic hydroxyl groups is 1. The van der Waals surface area contributed by atoms with Crippen molar-refractivity contribution in [3.63, 3.8) is 0 Å². The first kappa shape index (κ1) is 9.01. The summed E-state index contributed by atoms with van der Waals surface area (Å²) in [5.41, 5.74) is 0.282. The molecule has 0 aromatic carbocycles. The molecule has 0 atom stereocenters. The molecule has 3 nitrogen and oxygen atoms in total. The van der Waals surface area contributed by atoms with Gasteiger partial charge in [-0.15, -0.1) is 0 Å². The highest BCUT2D eigenvalue weighted by molar-refractivity contribution is 5.88. The zero-order chi connectivity index (χ0) is 8.15. The molecule has 10 heavy (non-hydrogen) atoms. The van der Waals surface area contributed by atoms with E-state index in [9.17, 15) is 4.79 Å². The third-order valence-electron chi connectivity index (χ3n) is 1.26. The summed E-state index contributed by atoms with van der Waals surface area (Å²) in [4.78, 5) is 10.7. The highest BCUT2D eigenvalue weighted by Gasteiger charge is 2.07. The van der Waals surface area contributed by atoms with Crippen molar-refractivity contribution >= 4 is 5.97 Å². The number of carbonyl (C=O) groups excluding carboxylic acids is 1. The maximum atomic E-state index is 10.7. The number of esters is 1. The zero-order valence-corrected chi connectivity index (χ0v) is 6.47. The summed E-state index contributed by atoms with van der Waals surface area (Å²) in [5, 5.41) is 9.01. The van der Waals surface area contributed by atoms with Crippen LogP contribution in [0.4, 0.5) is 0 Å². The van der Waals surface area contributed by atoms with E-state index in [1.54, 1.807) is 6.92 Å². The van der Waals surface area contributed by atoms with Gasteiger partial charge in [-0.1, -0.05) is 6.92 Å². The van der Waals surface area contributed by atoms with Gasteiger partial charge in [0, 0.05) is 6.42 Å². The maximum Gasteiger partial charge on any atom is 0.336 e. The summed E-state index contributed by atoms with van der Waals surface area (Å²) in [5.74, 6) is -0.383. The SMILES string of the molecule is CCC(O)=C(C)C(=O)OC. The minimum atomic E-state index is -0.473. The molecule has 3 heteroatoms. The van der Waals surface area contributed by atoms with Crippen LogP contribution in [-0.2, 0) is 9.53 Å². The van der Waals surface area contributed by atoms with Crippen LogP contribution in [0.5, 0.6) is 0 Å². The van der Waals surface area contributed by atoms with Crippen molar-refractivity contribution in [1.82, 2.24) is 0 Å². The average Bonchev–Trinajstić information content (AvgIpc) is 2.00. The van der Waals surface area contributed by atoms with E-state index in [-0.39, 0.29) is 11.3 Å². The summed E-state index contributed by atoms with van der Waals surface area (Å²) in [6.45, 7) is 3.30. The van der Waals surface area contributed by atoms with Crippen molar-refractivity contribution in [2.45, 2.75) is 20.3 Å². The van der Waals surface area contributed by atoms with Crippen LogP contribution in [0.1, 0.15) is 20.3 Å². The molecule has 0 saturated carbocycles. The predicted molar refractivity (Wildman–Crippen MR) is 37.6 cm³/mol. The number of hydrogen-bond donors (Lipinski definition) is 1. The molecule has 0 heterocycles. The number of methoxy groups -OCH3 is 1. The smallest absolute Gasteiger partial charge is 0.336 e. The fourth-order valence-corrected chi connectivity index (χ4v) is 0.536. The second kappa shape index (κ2) is 3.93. The lowest BCUT2D eigenvalue weighted by Crippen LogP contribution is -2.04. The summed E-state index contributed by atoms with van der Waals surface area (Å²) in [6, 6.07) is 0. The van der Waals surface area contributed by atoms with Gasteiger partial charge in [0.15, 0.2) is 0 Å². The lowest BCUT2D eigenvalue weighted by molar-refractivity contribution is -0.136. The maximum absolute atomic E-state index is 10.7. The lowest BCUT2D eigenvalue weighted by atomic mass is 10.2. The Morgan fingerprint density at radius 2 is 2.10 bits per heavy atom. The van der Waals surface area contributed by atoms with E-state index >= 15 is 0 Å². The highest BCUT2D eigenvalue weighted by Crippen LogP contribution is 2.05. The molecule has 0 aliphatic heterocycles. The number of allylic oxidation sites excluding steroid dienone is 1. The minimum absolute atomic E-state index is 0.0897. The molecule has 0 aliphatic carbocycles. The molecule has 0 radical (unpaired) electrons. The van der Waals surface area contributed by atoms with Gasteiger partial charge in [0.25, 0.3) is 0 Å². The first-order valence-electron chi connectivity index (χ1n) is 3.10. The Balaban J connectivity index is 4.30. The van der Waals surface area contributed by atoms with E-state index in [4.69, 9.17) is 5.11 Å². The van der Waals surface area contributed by atoms with Crippen molar-refractivity contribution in [3.05, 3.63) is 11.3 Å². The largest absolute Gasteiger partial charge is 0.512 e. The van der Waals surface area contributed by atoms with Gasteiger partial charge < -0.3 is 9.84 Å². The van der Waals surface area contributed by atoms with Crippen LogP contribution in [0.25, 0.3) is 0 Å². The molecule has 0 fully saturated rings. The molecule has 0 unspecified atom stereocenters. The molecular weight excluding hydrogens is 132 g/mol. The van der Waals surface area contributed by atoms with Gasteiger partial charge in [-0.05, 0) is 6.92 Å². The van der Waals surface area contributed by atoms with Gasteiger partial charge in [-0.3, -0.25) is 0 Å². The molecule has 0 aromatic heterocycles. The number of rotatable bonds is 2. The van der Waals surface area contributed by atoms with Crippen molar-refractivity contribution in [1.29, 1.82) is 0 Å². The molecule has 0 saturated heterocycles. The monoisotopic (exact) mass is 144 g/mol. The lowest BCUT2D eigenvalue weighted by Gasteiger charge is -2.00. The molecule has 58 valence electrons. The molecular formula is C7H12O3. The van der Waals surface area contributed by atoms with E-state index in [2.05, 4.69) is 4.74 Å². The van der Waals surface area contributed by atoms with Crippen LogP contribution in [0, 0.1) is 0 Å². The van der Waals surface area contributed by atoms with Crippen LogP contribution in [0.2, 0.25) is 0 Å². The van der Waals surface area contributed by atoms with Crippen LogP contribution < -0.4 is 0 Å². The molecule has 0 aromatic rings. The van der Waals surface area contributed by atoms with Crippen molar-refractivity contribution in [2.24, 2.45) is 0 Å². The van der Waals surface area contributed by atoms with Crippen molar-refractivity contribution < 1.29 is 14.6 Å². The Kier molecular flexibility index (Phi) is 3.54. The second-order valence-electron chi connectivity index (χ2n) is 1.92. The Bertz CT molecular complexity index is 158. The number of carbonyl (C=O) groups is 1. The summed E-state index contributed by atoms with van der Waals surface area (Å²) in [7, 11) is 1.29. The van der Waals surface area contributed by atoms with E-state index in [1.807, 2.05) is 0 Å². The first-order valence-corrected chi connectivity index (χ1v) is 3.10. The van der Waals surface area contributed by atoms with E-state index in [0.29, 0.717) is 6.42 Å². The second-order valence-corrected chi connectivity index (χ2v) is 1.92. The summed E-state index contributed by atoms with van der Waals surface area (Å²) < 4.78 is 4.38. The van der Waals surface area contributed by atoms with E-state index in [0.717, 1.165) is 0 Å². The van der Waals surface area contributed by atoms with Gasteiger partial charge in [-0.2, -0.15) is 0 Å². The van der Waals surface area contributed by atoms with Gasteiger partial charge in [0.1, 0.15) is 5.76 Å². The normalized spacial score (nSPS) is 12.3. The Hall–Kier alpha value is -0.990. The Labute approximate surface area is 60.3 Å². The molecule has 0 aliphatic rings. The third-order valence-corrected chi connectivity index (χ3v) is 1.26. The van der Waals surface area contributed by atoms with Gasteiger partial charge in [0.2, 0.25) is 0 Å². The fourth-order valence-electron chi connectivity index (χ4n) is 0.536. The quantitative estimate of drug-likeness (QED) is 0.362. The van der Waals surface area contributed by atoms with Gasteiger partial charge in [-0.25, -0.2) is 4.79 Å². The molecule has 1 N–H and O–H groups in total. The Morgan fingerprint density at radius 1 is 1.60 bits per heavy atom. The topological polar surface area (TPSA) is 46.5 Å². The van der Waals surface area contributed by atoms with Crippen molar-refractivity contribution in [2.75, 3.05) is 7.11 Å². The Morgan fingerprint density at radius 3 is 2.40 bits per heavy atom. The summed E-state index contributed by atoms with van der Waals surface area (Å²) >= 11 is 0. The minimum Gasteiger partial charge on any atom is -0.512 e. The number of ether oxygens (including phenoxy) is 1. The van der Waals surface area contributed by atoms with Crippen LogP contribution >= 0.6 is 0 Å². The number of aliphatic hydroxyl groups excluding tert-OH is 1. The first-order chi connectivity index (χ1) is 4.63. The standard InChI is InChI=1S/C7H12O3/c1-4-6(8)5(2)7(9)10-3/h8H,4H2,1-3H3. The molecule has 0 rings (SSSR count). The molecule has 0 amide bonds. The predicted octanol–water partition coefficient (Wildman–Crippen LogP) is 1.40. The van der Waals surface area contributed by atoms with Gasteiger partial charge >= 0.3 is 5.97 Å². The zero-order valence-electron chi connectivity index (χ0n) is 6.47.